The van der Waals surface area contributed by atoms with E-state index in [0.717, 1.165) is 11.1 Å². The Morgan fingerprint density at radius 1 is 1.21 bits per heavy atom. The maximum absolute atomic E-state index is 13.7. The van der Waals surface area contributed by atoms with E-state index >= 15 is 0 Å². The normalized spacial score (nSPS) is 11.7. The van der Waals surface area contributed by atoms with Gasteiger partial charge in [-0.05, 0) is 55.7 Å². The van der Waals surface area contributed by atoms with E-state index in [1.54, 1.807) is 19.1 Å². The lowest BCUT2D eigenvalue weighted by molar-refractivity contribution is -0.123. The van der Waals surface area contributed by atoms with E-state index in [1.165, 1.54) is 13.2 Å². The van der Waals surface area contributed by atoms with Crippen molar-refractivity contribution in [2.24, 2.45) is 0 Å². The summed E-state index contributed by atoms with van der Waals surface area (Å²) in [4.78, 5) is 12.0. The van der Waals surface area contributed by atoms with Crippen molar-refractivity contribution in [1.29, 1.82) is 0 Å². The van der Waals surface area contributed by atoms with Crippen molar-refractivity contribution in [1.82, 2.24) is 5.32 Å². The molecule has 2 rings (SSSR count). The number of benzene rings is 2. The van der Waals surface area contributed by atoms with Gasteiger partial charge in [-0.15, -0.1) is 0 Å². The highest BCUT2D eigenvalue weighted by Crippen LogP contribution is 2.22. The third kappa shape index (κ3) is 4.25. The van der Waals surface area contributed by atoms with Gasteiger partial charge in [0.05, 0.1) is 13.2 Å². The summed E-state index contributed by atoms with van der Waals surface area (Å²) >= 11 is 0. The van der Waals surface area contributed by atoms with E-state index in [9.17, 15) is 9.18 Å². The van der Waals surface area contributed by atoms with Crippen LogP contribution in [0.2, 0.25) is 0 Å². The van der Waals surface area contributed by atoms with Gasteiger partial charge < -0.3 is 14.8 Å². The monoisotopic (exact) mass is 331 g/mol. The number of hydrogen-bond acceptors (Lipinski definition) is 3. The molecule has 0 saturated carbocycles. The van der Waals surface area contributed by atoms with E-state index in [2.05, 4.69) is 5.32 Å². The van der Waals surface area contributed by atoms with Crippen LogP contribution in [-0.2, 0) is 4.79 Å². The second-order valence-corrected chi connectivity index (χ2v) is 5.67. The lowest BCUT2D eigenvalue weighted by atomic mass is 10.1. The molecule has 1 atom stereocenters. The van der Waals surface area contributed by atoms with Crippen molar-refractivity contribution >= 4 is 5.91 Å². The molecule has 0 fully saturated rings. The topological polar surface area (TPSA) is 47.6 Å². The van der Waals surface area contributed by atoms with Gasteiger partial charge >= 0.3 is 0 Å². The molecule has 0 bridgehead atoms. The van der Waals surface area contributed by atoms with Crippen LogP contribution in [0.1, 0.15) is 29.7 Å². The molecule has 0 saturated heterocycles. The molecule has 0 heterocycles. The van der Waals surface area contributed by atoms with Gasteiger partial charge in [0.2, 0.25) is 0 Å². The number of nitrogens with one attached hydrogen (secondary N) is 1. The van der Waals surface area contributed by atoms with Gasteiger partial charge in [-0.25, -0.2) is 4.39 Å². The van der Waals surface area contributed by atoms with Crippen LogP contribution in [0, 0.1) is 19.7 Å². The van der Waals surface area contributed by atoms with Crippen molar-refractivity contribution in [3.05, 3.63) is 58.9 Å². The molecular formula is C19H22FNO3. The molecular weight excluding hydrogens is 309 g/mol. The minimum absolute atomic E-state index is 0.0900. The lowest BCUT2D eigenvalue weighted by Crippen LogP contribution is -2.31. The van der Waals surface area contributed by atoms with Crippen LogP contribution < -0.4 is 14.8 Å². The minimum Gasteiger partial charge on any atom is -0.494 e. The summed E-state index contributed by atoms with van der Waals surface area (Å²) in [6, 6.07) is 9.99. The number of aryl methyl sites for hydroxylation is 1. The molecule has 4 nitrogen and oxygen atoms in total. The Labute approximate surface area is 141 Å². The zero-order valence-corrected chi connectivity index (χ0v) is 14.4. The number of rotatable bonds is 6. The Morgan fingerprint density at radius 3 is 2.62 bits per heavy atom. The zero-order valence-electron chi connectivity index (χ0n) is 14.4. The third-order valence-corrected chi connectivity index (χ3v) is 3.97. The van der Waals surface area contributed by atoms with E-state index in [-0.39, 0.29) is 24.3 Å². The molecule has 0 radical (unpaired) electrons. The maximum atomic E-state index is 13.7. The molecule has 5 heteroatoms. The predicted octanol–water partition coefficient (Wildman–Crippen LogP) is 3.71. The van der Waals surface area contributed by atoms with Crippen molar-refractivity contribution in [2.75, 3.05) is 13.7 Å². The van der Waals surface area contributed by atoms with Crippen molar-refractivity contribution in [2.45, 2.75) is 26.8 Å². The molecule has 128 valence electrons. The average molecular weight is 331 g/mol. The van der Waals surface area contributed by atoms with Crippen LogP contribution in [0.15, 0.2) is 36.4 Å². The molecule has 0 aromatic heterocycles. The Hall–Kier alpha value is -2.56. The van der Waals surface area contributed by atoms with Crippen molar-refractivity contribution in [3.63, 3.8) is 0 Å². The first-order valence-corrected chi connectivity index (χ1v) is 7.74. The van der Waals surface area contributed by atoms with E-state index < -0.39 is 5.82 Å². The van der Waals surface area contributed by atoms with E-state index in [0.29, 0.717) is 11.3 Å². The maximum Gasteiger partial charge on any atom is 0.258 e. The van der Waals surface area contributed by atoms with Crippen LogP contribution >= 0.6 is 0 Å². The van der Waals surface area contributed by atoms with Gasteiger partial charge in [0.15, 0.2) is 18.2 Å². The molecule has 24 heavy (non-hydrogen) atoms. The van der Waals surface area contributed by atoms with Gasteiger partial charge in [-0.1, -0.05) is 18.2 Å². The molecule has 1 N–H and O–H groups in total. The Morgan fingerprint density at radius 2 is 1.96 bits per heavy atom. The summed E-state index contributed by atoms with van der Waals surface area (Å²) in [6.07, 6.45) is 0. The van der Waals surface area contributed by atoms with Crippen LogP contribution in [0.4, 0.5) is 4.39 Å². The fourth-order valence-electron chi connectivity index (χ4n) is 2.34. The lowest BCUT2D eigenvalue weighted by Gasteiger charge is -2.16. The predicted molar refractivity (Wildman–Crippen MR) is 90.9 cm³/mol. The highest BCUT2D eigenvalue weighted by Gasteiger charge is 2.13. The quantitative estimate of drug-likeness (QED) is 0.878. The van der Waals surface area contributed by atoms with Crippen LogP contribution in [0.5, 0.6) is 11.5 Å². The number of carbonyl (C=O) groups is 1. The van der Waals surface area contributed by atoms with Gasteiger partial charge in [0.1, 0.15) is 5.75 Å². The molecule has 0 aliphatic carbocycles. The van der Waals surface area contributed by atoms with Crippen molar-refractivity contribution < 1.29 is 18.7 Å². The molecule has 2 aromatic rings. The number of carbonyl (C=O) groups excluding carboxylic acids is 1. The largest absolute Gasteiger partial charge is 0.494 e. The highest BCUT2D eigenvalue weighted by atomic mass is 19.1. The minimum atomic E-state index is -0.456. The SMILES string of the molecule is COc1ccc(C(C)NC(=O)COc2cccc(C)c2C)cc1F. The molecule has 0 aliphatic rings. The molecule has 0 aliphatic heterocycles. The zero-order chi connectivity index (χ0) is 17.7. The second kappa shape index (κ2) is 7.81. The summed E-state index contributed by atoms with van der Waals surface area (Å²) < 4.78 is 24.2. The van der Waals surface area contributed by atoms with Crippen LogP contribution in [-0.4, -0.2) is 19.6 Å². The summed E-state index contributed by atoms with van der Waals surface area (Å²) in [5.41, 5.74) is 2.78. The molecule has 1 amide bonds. The van der Waals surface area contributed by atoms with E-state index in [4.69, 9.17) is 9.47 Å². The van der Waals surface area contributed by atoms with Gasteiger partial charge in [0, 0.05) is 0 Å². The number of ether oxygens (including phenoxy) is 2. The van der Waals surface area contributed by atoms with Gasteiger partial charge in [-0.2, -0.15) is 0 Å². The fourth-order valence-corrected chi connectivity index (χ4v) is 2.34. The van der Waals surface area contributed by atoms with Crippen LogP contribution in [0.25, 0.3) is 0 Å². The highest BCUT2D eigenvalue weighted by molar-refractivity contribution is 5.78. The first-order valence-electron chi connectivity index (χ1n) is 7.74. The Kier molecular flexibility index (Phi) is 5.79. The summed E-state index contributed by atoms with van der Waals surface area (Å²) in [7, 11) is 1.41. The summed E-state index contributed by atoms with van der Waals surface area (Å²) in [6.45, 7) is 5.64. The molecule has 2 aromatic carbocycles. The standard InChI is InChI=1S/C19H22FNO3/c1-12-6-5-7-17(13(12)2)24-11-19(22)21-14(3)15-8-9-18(23-4)16(20)10-15/h5-10,14H,11H2,1-4H3,(H,21,22). The smallest absolute Gasteiger partial charge is 0.258 e. The number of methoxy groups -OCH3 is 1. The molecule has 0 spiro atoms. The van der Waals surface area contributed by atoms with Gasteiger partial charge in [0.25, 0.3) is 5.91 Å². The number of amides is 1. The summed E-state index contributed by atoms with van der Waals surface area (Å²) in [5, 5.41) is 2.79. The first kappa shape index (κ1) is 17.8. The number of hydrogen-bond donors (Lipinski definition) is 1. The third-order valence-electron chi connectivity index (χ3n) is 3.97. The fraction of sp³-hybridized carbons (Fsp3) is 0.316. The van der Waals surface area contributed by atoms with E-state index in [1.807, 2.05) is 32.0 Å². The van der Waals surface area contributed by atoms with Gasteiger partial charge in [-0.3, -0.25) is 4.79 Å². The average Bonchev–Trinajstić information content (AvgIpc) is 2.56. The second-order valence-electron chi connectivity index (χ2n) is 5.67. The van der Waals surface area contributed by atoms with Crippen LogP contribution in [0.3, 0.4) is 0 Å². The Bertz CT molecular complexity index is 731. The number of halogens is 1. The first-order chi connectivity index (χ1) is 11.4. The molecule has 1 unspecified atom stereocenters. The Balaban J connectivity index is 1.94. The van der Waals surface area contributed by atoms with Crippen molar-refractivity contribution in [3.8, 4) is 11.5 Å². The summed E-state index contributed by atoms with van der Waals surface area (Å²) in [5.74, 6) is 0.145.